The number of rotatable bonds is 7. The maximum absolute atomic E-state index is 12.6. The highest BCUT2D eigenvalue weighted by Gasteiger charge is 2.52. The molecule has 1 aromatic rings. The Bertz CT molecular complexity index is 901. The fourth-order valence-electron chi connectivity index (χ4n) is 3.81. The van der Waals surface area contributed by atoms with Crippen LogP contribution in [-0.2, 0) is 19.1 Å². The van der Waals surface area contributed by atoms with Crippen molar-refractivity contribution in [3.05, 3.63) is 29.8 Å². The molecule has 9 heteroatoms. The number of para-hydroxylation sites is 1. The second-order valence-corrected chi connectivity index (χ2v) is 7.56. The number of hydrogen-bond acceptors (Lipinski definition) is 6. The predicted molar refractivity (Wildman–Crippen MR) is 106 cm³/mol. The number of nitriles is 1. The number of carbonyl (C=O) groups is 4. The lowest BCUT2D eigenvalue weighted by molar-refractivity contribution is -0.153. The maximum Gasteiger partial charge on any atom is 0.325 e. The Kier molecular flexibility index (Phi) is 6.35. The molecule has 1 heterocycles. The van der Waals surface area contributed by atoms with Crippen LogP contribution in [0.25, 0.3) is 0 Å². The Morgan fingerprint density at radius 3 is 2.70 bits per heavy atom. The Morgan fingerprint density at radius 1 is 1.30 bits per heavy atom. The molecule has 9 nitrogen and oxygen atoms in total. The van der Waals surface area contributed by atoms with Gasteiger partial charge in [-0.25, -0.2) is 4.79 Å². The van der Waals surface area contributed by atoms with E-state index < -0.39 is 29.6 Å². The van der Waals surface area contributed by atoms with E-state index in [9.17, 15) is 19.2 Å². The molecule has 1 saturated heterocycles. The first-order valence-corrected chi connectivity index (χ1v) is 10.00. The highest BCUT2D eigenvalue weighted by Crippen LogP contribution is 2.35. The summed E-state index contributed by atoms with van der Waals surface area (Å²) in [4.78, 5) is 50.1. The molecule has 0 radical (unpaired) electrons. The summed E-state index contributed by atoms with van der Waals surface area (Å²) in [6.45, 7) is 1.56. The van der Waals surface area contributed by atoms with E-state index in [1.807, 2.05) is 6.07 Å². The first kappa shape index (κ1) is 21.3. The predicted octanol–water partition coefficient (Wildman–Crippen LogP) is 2.07. The minimum absolute atomic E-state index is 0.0313. The van der Waals surface area contributed by atoms with Crippen LogP contribution >= 0.6 is 0 Å². The van der Waals surface area contributed by atoms with Crippen molar-refractivity contribution in [1.29, 1.82) is 5.26 Å². The maximum atomic E-state index is 12.6. The number of imide groups is 1. The van der Waals surface area contributed by atoms with Crippen molar-refractivity contribution in [2.75, 3.05) is 11.9 Å². The van der Waals surface area contributed by atoms with Crippen molar-refractivity contribution in [3.63, 3.8) is 0 Å². The SMILES string of the molecule is C[C@@H](OC(=O)CCCN1C(=O)NC2(CCCC2)C1=O)C(=O)Nc1ccccc1C#N. The van der Waals surface area contributed by atoms with E-state index in [4.69, 9.17) is 10.00 Å². The van der Waals surface area contributed by atoms with Crippen molar-refractivity contribution < 1.29 is 23.9 Å². The van der Waals surface area contributed by atoms with Gasteiger partial charge in [-0.05, 0) is 38.3 Å². The molecule has 1 aliphatic carbocycles. The average Bonchev–Trinajstić information content (AvgIpc) is 3.28. The zero-order chi connectivity index (χ0) is 21.7. The van der Waals surface area contributed by atoms with Gasteiger partial charge in [-0.15, -0.1) is 0 Å². The van der Waals surface area contributed by atoms with Gasteiger partial charge in [-0.2, -0.15) is 5.26 Å². The molecular formula is C21H24N4O5. The van der Waals surface area contributed by atoms with Crippen molar-refractivity contribution in [2.24, 2.45) is 0 Å². The molecule has 3 rings (SSSR count). The molecule has 2 N–H and O–H groups in total. The second-order valence-electron chi connectivity index (χ2n) is 7.56. The number of anilines is 1. The molecular weight excluding hydrogens is 388 g/mol. The normalized spacial score (nSPS) is 18.1. The third-order valence-corrected chi connectivity index (χ3v) is 5.45. The van der Waals surface area contributed by atoms with Crippen molar-refractivity contribution in [3.8, 4) is 6.07 Å². The average molecular weight is 412 g/mol. The molecule has 4 amide bonds. The molecule has 0 bridgehead atoms. The number of hydrogen-bond donors (Lipinski definition) is 2. The van der Waals surface area contributed by atoms with Gasteiger partial charge in [0.05, 0.1) is 11.3 Å². The quantitative estimate of drug-likeness (QED) is 0.521. The molecule has 1 spiro atoms. The lowest BCUT2D eigenvalue weighted by Crippen LogP contribution is -2.44. The molecule has 2 fully saturated rings. The fourth-order valence-corrected chi connectivity index (χ4v) is 3.81. The fraction of sp³-hybridized carbons (Fsp3) is 0.476. The van der Waals surface area contributed by atoms with E-state index in [-0.39, 0.29) is 25.3 Å². The van der Waals surface area contributed by atoms with Crippen LogP contribution in [0.4, 0.5) is 10.5 Å². The smallest absolute Gasteiger partial charge is 0.325 e. The van der Waals surface area contributed by atoms with Crippen molar-refractivity contribution in [2.45, 2.75) is 57.1 Å². The number of ether oxygens (including phenoxy) is 1. The molecule has 1 aromatic carbocycles. The standard InChI is InChI=1S/C21H24N4O5/c1-14(18(27)23-16-8-3-2-7-15(16)13-22)30-17(26)9-6-12-25-19(28)21(24-20(25)29)10-4-5-11-21/h2-3,7-8,14H,4-6,9-12H2,1H3,(H,23,27)(H,24,29)/t14-/m1/s1. The van der Waals surface area contributed by atoms with Gasteiger partial charge in [0.15, 0.2) is 6.10 Å². The topological polar surface area (TPSA) is 129 Å². The second kappa shape index (κ2) is 8.95. The number of urea groups is 1. The summed E-state index contributed by atoms with van der Waals surface area (Å²) in [7, 11) is 0. The van der Waals surface area contributed by atoms with Gasteiger partial charge in [0, 0.05) is 13.0 Å². The molecule has 1 saturated carbocycles. The molecule has 0 unspecified atom stereocenters. The largest absolute Gasteiger partial charge is 0.453 e. The minimum Gasteiger partial charge on any atom is -0.453 e. The molecule has 1 aliphatic heterocycles. The van der Waals surface area contributed by atoms with Gasteiger partial charge in [0.25, 0.3) is 11.8 Å². The van der Waals surface area contributed by atoms with Gasteiger partial charge in [-0.1, -0.05) is 25.0 Å². The van der Waals surface area contributed by atoms with Gasteiger partial charge >= 0.3 is 12.0 Å². The number of nitrogens with zero attached hydrogens (tertiary/aromatic N) is 2. The first-order valence-electron chi connectivity index (χ1n) is 10.00. The Morgan fingerprint density at radius 2 is 2.00 bits per heavy atom. The zero-order valence-corrected chi connectivity index (χ0v) is 16.8. The Hall–Kier alpha value is -3.41. The number of carbonyl (C=O) groups excluding carboxylic acids is 4. The highest BCUT2D eigenvalue weighted by atomic mass is 16.5. The lowest BCUT2D eigenvalue weighted by Gasteiger charge is -2.20. The van der Waals surface area contributed by atoms with E-state index in [2.05, 4.69) is 10.6 Å². The van der Waals surface area contributed by atoms with Crippen LogP contribution in [0, 0.1) is 11.3 Å². The van der Waals surface area contributed by atoms with E-state index in [1.54, 1.807) is 24.3 Å². The van der Waals surface area contributed by atoms with E-state index in [1.165, 1.54) is 6.92 Å². The summed E-state index contributed by atoms with van der Waals surface area (Å²) in [6.07, 6.45) is 2.28. The van der Waals surface area contributed by atoms with Crippen LogP contribution in [0.15, 0.2) is 24.3 Å². The van der Waals surface area contributed by atoms with Crippen molar-refractivity contribution >= 4 is 29.5 Å². The molecule has 30 heavy (non-hydrogen) atoms. The first-order chi connectivity index (χ1) is 14.4. The van der Waals surface area contributed by atoms with Crippen LogP contribution in [0.3, 0.4) is 0 Å². The van der Waals surface area contributed by atoms with Gasteiger partial charge in [0.2, 0.25) is 0 Å². The van der Waals surface area contributed by atoms with E-state index >= 15 is 0 Å². The van der Waals surface area contributed by atoms with Crippen LogP contribution in [0.2, 0.25) is 0 Å². The summed E-state index contributed by atoms with van der Waals surface area (Å²) < 4.78 is 5.13. The molecule has 0 aromatic heterocycles. The highest BCUT2D eigenvalue weighted by molar-refractivity contribution is 6.07. The molecule has 1 atom stereocenters. The number of benzene rings is 1. The monoisotopic (exact) mass is 412 g/mol. The number of nitrogens with one attached hydrogen (secondary N) is 2. The lowest BCUT2D eigenvalue weighted by atomic mass is 9.98. The Balaban J connectivity index is 1.44. The third-order valence-electron chi connectivity index (χ3n) is 5.45. The Labute approximate surface area is 174 Å². The van der Waals surface area contributed by atoms with Gasteiger partial charge < -0.3 is 15.4 Å². The summed E-state index contributed by atoms with van der Waals surface area (Å²) in [5.74, 6) is -1.38. The third kappa shape index (κ3) is 4.43. The number of esters is 1. The van der Waals surface area contributed by atoms with Crippen LogP contribution in [0.5, 0.6) is 0 Å². The van der Waals surface area contributed by atoms with Crippen LogP contribution < -0.4 is 10.6 Å². The van der Waals surface area contributed by atoms with Crippen molar-refractivity contribution in [1.82, 2.24) is 10.2 Å². The molecule has 158 valence electrons. The van der Waals surface area contributed by atoms with E-state index in [0.717, 1.165) is 17.7 Å². The molecule has 2 aliphatic rings. The summed E-state index contributed by atoms with van der Waals surface area (Å²) >= 11 is 0. The zero-order valence-electron chi connectivity index (χ0n) is 16.8. The minimum atomic E-state index is -1.05. The van der Waals surface area contributed by atoms with E-state index in [0.29, 0.717) is 24.1 Å². The van der Waals surface area contributed by atoms with Crippen LogP contribution in [-0.4, -0.2) is 46.9 Å². The van der Waals surface area contributed by atoms with Crippen LogP contribution in [0.1, 0.15) is 51.0 Å². The summed E-state index contributed by atoms with van der Waals surface area (Å²) in [5.41, 5.74) is -0.116. The summed E-state index contributed by atoms with van der Waals surface area (Å²) in [5, 5.41) is 14.4. The summed E-state index contributed by atoms with van der Waals surface area (Å²) in [6, 6.07) is 8.06. The number of amides is 4. The van der Waals surface area contributed by atoms with Gasteiger partial charge in [0.1, 0.15) is 11.6 Å². The van der Waals surface area contributed by atoms with Gasteiger partial charge in [-0.3, -0.25) is 19.3 Å².